The van der Waals surface area contributed by atoms with Crippen LogP contribution in [-0.2, 0) is 12.8 Å². The first kappa shape index (κ1) is 12.6. The van der Waals surface area contributed by atoms with Crippen molar-refractivity contribution in [1.82, 2.24) is 15.0 Å². The third-order valence-electron chi connectivity index (χ3n) is 4.56. The lowest BCUT2D eigenvalue weighted by Crippen LogP contribution is -2.46. The van der Waals surface area contributed by atoms with Crippen LogP contribution >= 0.6 is 0 Å². The van der Waals surface area contributed by atoms with Gasteiger partial charge in [-0.15, -0.1) is 0 Å². The Morgan fingerprint density at radius 2 is 2.14 bits per heavy atom. The largest absolute Gasteiger partial charge is 0.384 e. The molecule has 1 aliphatic heterocycles. The summed E-state index contributed by atoms with van der Waals surface area (Å²) in [6.45, 7) is 3.28. The monoisotopic (exact) mass is 281 g/mol. The number of rotatable bonds is 2. The summed E-state index contributed by atoms with van der Waals surface area (Å²) in [5.74, 6) is 1.42. The zero-order valence-corrected chi connectivity index (χ0v) is 12.2. The van der Waals surface area contributed by atoms with E-state index in [9.17, 15) is 0 Å². The molecule has 5 nitrogen and oxygen atoms in total. The first-order valence-corrected chi connectivity index (χ1v) is 7.61. The maximum atomic E-state index is 5.69. The fourth-order valence-electron chi connectivity index (χ4n) is 3.15. The molecule has 1 fully saturated rings. The molecule has 2 aromatic heterocycles. The fraction of sp³-hybridized carbons (Fsp3) is 0.438. The van der Waals surface area contributed by atoms with Gasteiger partial charge in [-0.3, -0.25) is 0 Å². The van der Waals surface area contributed by atoms with Crippen LogP contribution < -0.4 is 10.6 Å². The zero-order valence-electron chi connectivity index (χ0n) is 12.2. The van der Waals surface area contributed by atoms with Crippen LogP contribution in [0.3, 0.4) is 0 Å². The van der Waals surface area contributed by atoms with Gasteiger partial charge in [-0.1, -0.05) is 0 Å². The molecule has 2 aliphatic rings. The summed E-state index contributed by atoms with van der Waals surface area (Å²) in [4.78, 5) is 16.1. The van der Waals surface area contributed by atoms with Gasteiger partial charge < -0.3 is 10.6 Å². The molecule has 21 heavy (non-hydrogen) atoms. The van der Waals surface area contributed by atoms with Crippen molar-refractivity contribution in [1.29, 1.82) is 0 Å². The highest BCUT2D eigenvalue weighted by atomic mass is 15.3. The number of pyridine rings is 1. The van der Waals surface area contributed by atoms with Crippen molar-refractivity contribution in [3.63, 3.8) is 0 Å². The summed E-state index contributed by atoms with van der Waals surface area (Å²) in [7, 11) is 0. The Kier molecular flexibility index (Phi) is 2.80. The van der Waals surface area contributed by atoms with E-state index in [4.69, 9.17) is 15.7 Å². The minimum absolute atomic E-state index is 0.543. The Balaban J connectivity index is 1.83. The van der Waals surface area contributed by atoms with Gasteiger partial charge in [0.05, 0.1) is 5.69 Å². The van der Waals surface area contributed by atoms with Gasteiger partial charge in [0.2, 0.25) is 5.95 Å². The second-order valence-electron chi connectivity index (χ2n) is 5.95. The van der Waals surface area contributed by atoms with Gasteiger partial charge in [0.15, 0.2) is 0 Å². The first-order valence-electron chi connectivity index (χ1n) is 7.61. The van der Waals surface area contributed by atoms with E-state index in [0.717, 1.165) is 36.6 Å². The number of fused-ring (bicyclic) bond motifs is 1. The summed E-state index contributed by atoms with van der Waals surface area (Å²) in [5, 5.41) is 0. The van der Waals surface area contributed by atoms with Crippen LogP contribution in [0, 0.1) is 0 Å². The van der Waals surface area contributed by atoms with Gasteiger partial charge in [-0.25, -0.2) is 15.0 Å². The van der Waals surface area contributed by atoms with E-state index in [2.05, 4.69) is 16.8 Å². The lowest BCUT2D eigenvalue weighted by Gasteiger charge is -2.39. The lowest BCUT2D eigenvalue weighted by molar-refractivity contribution is 0.470. The van der Waals surface area contributed by atoms with Crippen LogP contribution in [0.5, 0.6) is 0 Å². The minimum atomic E-state index is 0.543. The van der Waals surface area contributed by atoms with Crippen molar-refractivity contribution in [3.05, 3.63) is 29.6 Å². The summed E-state index contributed by atoms with van der Waals surface area (Å²) in [5.41, 5.74) is 10.3. The predicted molar refractivity (Wildman–Crippen MR) is 83.1 cm³/mol. The van der Waals surface area contributed by atoms with Crippen molar-refractivity contribution < 1.29 is 0 Å². The maximum Gasteiger partial charge on any atom is 0.226 e. The molecule has 5 heteroatoms. The van der Waals surface area contributed by atoms with Gasteiger partial charge in [0.25, 0.3) is 0 Å². The van der Waals surface area contributed by atoms with Gasteiger partial charge in [-0.2, -0.15) is 0 Å². The van der Waals surface area contributed by atoms with E-state index in [-0.39, 0.29) is 0 Å². The number of nitrogens with two attached hydrogens (primary N) is 1. The van der Waals surface area contributed by atoms with Gasteiger partial charge in [0.1, 0.15) is 5.82 Å². The summed E-state index contributed by atoms with van der Waals surface area (Å²) in [6.07, 6.45) is 6.32. The second-order valence-corrected chi connectivity index (χ2v) is 5.95. The molecular weight excluding hydrogens is 262 g/mol. The first-order chi connectivity index (χ1) is 10.2. The van der Waals surface area contributed by atoms with Crippen LogP contribution in [-0.4, -0.2) is 27.5 Å². The zero-order chi connectivity index (χ0) is 14.4. The quantitative estimate of drug-likeness (QED) is 0.914. The third-order valence-corrected chi connectivity index (χ3v) is 4.56. The number of hydrogen-bond acceptors (Lipinski definition) is 5. The highest BCUT2D eigenvalue weighted by Gasteiger charge is 2.29. The standard InChI is InChI=1S/C16H19N5/c1-10-7-8-21(10)16-19-13-4-2-3-12(13)15(20-16)11-5-6-14(17)18-9-11/h5-6,9-10H,2-4,7-8H2,1H3,(H2,17,18)/t10-/m0/s1. The molecule has 2 aromatic rings. The van der Waals surface area contributed by atoms with Crippen LogP contribution in [0.4, 0.5) is 11.8 Å². The number of nitrogen functional groups attached to an aromatic ring is 1. The molecule has 3 heterocycles. The SMILES string of the molecule is C[C@H]1CCN1c1nc2c(c(-c3ccc(N)nc3)n1)CCC2. The molecule has 1 atom stereocenters. The van der Waals surface area contributed by atoms with Crippen LogP contribution in [0.25, 0.3) is 11.3 Å². The molecule has 1 saturated heterocycles. The second kappa shape index (κ2) is 4.69. The molecule has 108 valence electrons. The van der Waals surface area contributed by atoms with Crippen LogP contribution in [0.2, 0.25) is 0 Å². The Morgan fingerprint density at radius 3 is 2.81 bits per heavy atom. The van der Waals surface area contributed by atoms with Crippen LogP contribution in [0.15, 0.2) is 18.3 Å². The molecule has 1 aliphatic carbocycles. The molecule has 0 spiro atoms. The molecule has 0 amide bonds. The normalized spacial score (nSPS) is 20.2. The Hall–Kier alpha value is -2.17. The van der Waals surface area contributed by atoms with E-state index in [1.807, 2.05) is 18.3 Å². The average molecular weight is 281 g/mol. The molecule has 0 unspecified atom stereocenters. The van der Waals surface area contributed by atoms with E-state index in [1.165, 1.54) is 24.1 Å². The Labute approximate surface area is 124 Å². The Morgan fingerprint density at radius 1 is 1.24 bits per heavy atom. The molecular formula is C16H19N5. The summed E-state index contributed by atoms with van der Waals surface area (Å²) >= 11 is 0. The molecule has 0 radical (unpaired) electrons. The van der Waals surface area contributed by atoms with Gasteiger partial charge in [-0.05, 0) is 44.7 Å². The smallest absolute Gasteiger partial charge is 0.226 e. The van der Waals surface area contributed by atoms with Crippen molar-refractivity contribution in [2.45, 2.75) is 38.6 Å². The number of anilines is 2. The summed E-state index contributed by atoms with van der Waals surface area (Å²) < 4.78 is 0. The van der Waals surface area contributed by atoms with Crippen molar-refractivity contribution >= 4 is 11.8 Å². The van der Waals surface area contributed by atoms with E-state index >= 15 is 0 Å². The van der Waals surface area contributed by atoms with Crippen molar-refractivity contribution in [2.24, 2.45) is 0 Å². The van der Waals surface area contributed by atoms with E-state index in [1.54, 1.807) is 0 Å². The van der Waals surface area contributed by atoms with E-state index < -0.39 is 0 Å². The highest BCUT2D eigenvalue weighted by molar-refractivity contribution is 5.66. The van der Waals surface area contributed by atoms with Gasteiger partial charge >= 0.3 is 0 Å². The molecule has 0 aromatic carbocycles. The van der Waals surface area contributed by atoms with Crippen molar-refractivity contribution in [2.75, 3.05) is 17.2 Å². The van der Waals surface area contributed by atoms with Crippen LogP contribution in [0.1, 0.15) is 31.0 Å². The number of nitrogens with zero attached hydrogens (tertiary/aromatic N) is 4. The fourth-order valence-corrected chi connectivity index (χ4v) is 3.15. The number of hydrogen-bond donors (Lipinski definition) is 1. The molecule has 4 rings (SSSR count). The third kappa shape index (κ3) is 2.04. The number of aryl methyl sites for hydroxylation is 1. The summed E-state index contributed by atoms with van der Waals surface area (Å²) in [6, 6.07) is 4.39. The minimum Gasteiger partial charge on any atom is -0.384 e. The van der Waals surface area contributed by atoms with E-state index in [0.29, 0.717) is 11.9 Å². The Bertz CT molecular complexity index is 680. The molecule has 0 bridgehead atoms. The van der Waals surface area contributed by atoms with Crippen molar-refractivity contribution in [3.8, 4) is 11.3 Å². The van der Waals surface area contributed by atoms with Gasteiger partial charge in [0, 0.05) is 35.6 Å². The molecule has 2 N–H and O–H groups in total. The highest BCUT2D eigenvalue weighted by Crippen LogP contribution is 2.33. The average Bonchev–Trinajstić information content (AvgIpc) is 2.94. The number of aromatic nitrogens is 3. The topological polar surface area (TPSA) is 67.9 Å². The maximum absolute atomic E-state index is 5.69. The lowest BCUT2D eigenvalue weighted by atomic mass is 10.1. The predicted octanol–water partition coefficient (Wildman–Crippen LogP) is 2.21. The molecule has 0 saturated carbocycles.